The van der Waals surface area contributed by atoms with Crippen LogP contribution in [0.5, 0.6) is 0 Å². The summed E-state index contributed by atoms with van der Waals surface area (Å²) in [6, 6.07) is 2.52. The van der Waals surface area contributed by atoms with Crippen LogP contribution in [-0.2, 0) is 0 Å². The van der Waals surface area contributed by atoms with Crippen LogP contribution < -0.4 is 0 Å². The van der Waals surface area contributed by atoms with Crippen LogP contribution in [0.4, 0.5) is 0 Å². The van der Waals surface area contributed by atoms with Gasteiger partial charge in [0.1, 0.15) is 0 Å². The van der Waals surface area contributed by atoms with Crippen molar-refractivity contribution < 1.29 is 0 Å². The van der Waals surface area contributed by atoms with E-state index in [1.165, 1.54) is 25.7 Å². The molecule has 0 aromatic heterocycles. The minimum Gasteiger partial charge on any atom is -0.295 e. The van der Waals surface area contributed by atoms with Crippen LogP contribution in [0.25, 0.3) is 0 Å². The van der Waals surface area contributed by atoms with E-state index in [4.69, 9.17) is 0 Å². The zero-order valence-electron chi connectivity index (χ0n) is 7.96. The fourth-order valence-electron chi connectivity index (χ4n) is 2.99. The van der Waals surface area contributed by atoms with Crippen LogP contribution >= 0.6 is 15.9 Å². The molecule has 2 heterocycles. The third kappa shape index (κ3) is 1.44. The van der Waals surface area contributed by atoms with Crippen molar-refractivity contribution in [1.29, 1.82) is 0 Å². The molecular weight excluding hydrogens is 214 g/mol. The molecule has 0 aromatic carbocycles. The van der Waals surface area contributed by atoms with Crippen molar-refractivity contribution in [3.8, 4) is 0 Å². The number of nitrogens with zero attached hydrogens (tertiary/aromatic N) is 1. The van der Waals surface area contributed by atoms with Crippen LogP contribution in [0.1, 0.15) is 39.5 Å². The lowest BCUT2D eigenvalue weighted by atomic mass is 10.0. The van der Waals surface area contributed by atoms with E-state index < -0.39 is 0 Å². The molecule has 2 atom stereocenters. The summed E-state index contributed by atoms with van der Waals surface area (Å²) in [5.74, 6) is 0. The maximum Gasteiger partial charge on any atom is 0.0175 e. The van der Waals surface area contributed by atoms with Gasteiger partial charge in [-0.15, -0.1) is 0 Å². The first kappa shape index (κ1) is 9.01. The van der Waals surface area contributed by atoms with Crippen molar-refractivity contribution in [3.05, 3.63) is 0 Å². The molecule has 0 spiro atoms. The van der Waals surface area contributed by atoms with E-state index in [9.17, 15) is 0 Å². The molecule has 2 fully saturated rings. The molecule has 1 nitrogen and oxygen atoms in total. The van der Waals surface area contributed by atoms with Gasteiger partial charge in [0, 0.05) is 23.0 Å². The Morgan fingerprint density at radius 2 is 1.67 bits per heavy atom. The Hall–Kier alpha value is 0.440. The van der Waals surface area contributed by atoms with Crippen LogP contribution in [0.2, 0.25) is 0 Å². The smallest absolute Gasteiger partial charge is 0.0175 e. The van der Waals surface area contributed by atoms with Gasteiger partial charge in [0.05, 0.1) is 0 Å². The minimum absolute atomic E-state index is 0.752. The van der Waals surface area contributed by atoms with E-state index in [0.717, 1.165) is 23.0 Å². The quantitative estimate of drug-likeness (QED) is 0.628. The van der Waals surface area contributed by atoms with Crippen molar-refractivity contribution in [2.75, 3.05) is 0 Å². The molecule has 0 aliphatic carbocycles. The molecule has 2 heteroatoms. The average molecular weight is 232 g/mol. The maximum absolute atomic E-state index is 3.76. The second-order valence-electron chi connectivity index (χ2n) is 4.49. The van der Waals surface area contributed by atoms with Gasteiger partial charge in [0.2, 0.25) is 0 Å². The highest BCUT2D eigenvalue weighted by Crippen LogP contribution is 2.39. The Morgan fingerprint density at radius 3 is 2.08 bits per heavy atom. The molecule has 2 saturated heterocycles. The normalized spacial score (nSPS) is 42.5. The molecule has 2 aliphatic heterocycles. The van der Waals surface area contributed by atoms with Crippen LogP contribution in [-0.4, -0.2) is 27.9 Å². The molecule has 0 aromatic rings. The average Bonchev–Trinajstić information content (AvgIpc) is 2.24. The SMILES string of the molecule is CC(C)N1C2CCC1CC(Br)C2. The molecule has 2 bridgehead atoms. The van der Waals surface area contributed by atoms with Gasteiger partial charge >= 0.3 is 0 Å². The molecule has 0 amide bonds. The standard InChI is InChI=1S/C10H18BrN/c1-7(2)12-9-3-4-10(12)6-8(11)5-9/h7-10H,3-6H2,1-2H3. The first-order chi connectivity index (χ1) is 5.68. The molecular formula is C10H18BrN. The fourth-order valence-corrected chi connectivity index (χ4v) is 3.85. The highest BCUT2D eigenvalue weighted by Gasteiger charge is 2.40. The number of hydrogen-bond donors (Lipinski definition) is 0. The Balaban J connectivity index is 2.09. The zero-order valence-corrected chi connectivity index (χ0v) is 9.55. The first-order valence-corrected chi connectivity index (χ1v) is 6.01. The summed E-state index contributed by atoms with van der Waals surface area (Å²) in [5, 5.41) is 0. The highest BCUT2D eigenvalue weighted by molar-refractivity contribution is 9.09. The Bertz CT molecular complexity index is 155. The molecule has 0 saturated carbocycles. The summed E-state index contributed by atoms with van der Waals surface area (Å²) in [4.78, 5) is 3.53. The van der Waals surface area contributed by atoms with Crippen LogP contribution in [0, 0.1) is 0 Å². The number of halogens is 1. The third-order valence-electron chi connectivity index (χ3n) is 3.33. The van der Waals surface area contributed by atoms with E-state index in [1.807, 2.05) is 0 Å². The Labute approximate surface area is 83.6 Å². The van der Waals surface area contributed by atoms with E-state index in [0.29, 0.717) is 0 Å². The molecule has 2 rings (SSSR count). The number of piperidine rings is 1. The topological polar surface area (TPSA) is 3.24 Å². The van der Waals surface area contributed by atoms with Gasteiger partial charge in [-0.3, -0.25) is 4.90 Å². The number of hydrogen-bond acceptors (Lipinski definition) is 1. The molecule has 2 aliphatic rings. The maximum atomic E-state index is 3.76. The fraction of sp³-hybridized carbons (Fsp3) is 1.00. The molecule has 2 unspecified atom stereocenters. The van der Waals surface area contributed by atoms with Gasteiger partial charge in [0.25, 0.3) is 0 Å². The lowest BCUT2D eigenvalue weighted by Crippen LogP contribution is -2.46. The predicted molar refractivity (Wildman–Crippen MR) is 55.7 cm³/mol. The van der Waals surface area contributed by atoms with Crippen LogP contribution in [0.15, 0.2) is 0 Å². The van der Waals surface area contributed by atoms with Gasteiger partial charge in [-0.05, 0) is 39.5 Å². The molecule has 70 valence electrons. The first-order valence-electron chi connectivity index (χ1n) is 5.10. The van der Waals surface area contributed by atoms with E-state index in [2.05, 4.69) is 34.7 Å². The van der Waals surface area contributed by atoms with Gasteiger partial charge in [0.15, 0.2) is 0 Å². The van der Waals surface area contributed by atoms with Gasteiger partial charge in [-0.1, -0.05) is 15.9 Å². The Kier molecular flexibility index (Phi) is 2.48. The predicted octanol–water partition coefficient (Wildman–Crippen LogP) is 2.79. The highest BCUT2D eigenvalue weighted by atomic mass is 79.9. The van der Waals surface area contributed by atoms with Crippen molar-refractivity contribution in [1.82, 2.24) is 4.90 Å². The van der Waals surface area contributed by atoms with Gasteiger partial charge in [-0.2, -0.15) is 0 Å². The monoisotopic (exact) mass is 231 g/mol. The lowest BCUT2D eigenvalue weighted by molar-refractivity contribution is 0.108. The largest absolute Gasteiger partial charge is 0.295 e. The second kappa shape index (κ2) is 3.30. The molecule has 12 heavy (non-hydrogen) atoms. The summed E-state index contributed by atoms with van der Waals surface area (Å²) < 4.78 is 0. The van der Waals surface area contributed by atoms with E-state index >= 15 is 0 Å². The van der Waals surface area contributed by atoms with Crippen molar-refractivity contribution in [2.45, 2.75) is 62.5 Å². The zero-order chi connectivity index (χ0) is 8.72. The molecule has 0 radical (unpaired) electrons. The van der Waals surface area contributed by atoms with E-state index in [1.54, 1.807) is 0 Å². The third-order valence-corrected chi connectivity index (χ3v) is 4.08. The van der Waals surface area contributed by atoms with Gasteiger partial charge in [-0.25, -0.2) is 0 Å². The van der Waals surface area contributed by atoms with Crippen molar-refractivity contribution in [3.63, 3.8) is 0 Å². The summed E-state index contributed by atoms with van der Waals surface area (Å²) in [5.41, 5.74) is 0. The van der Waals surface area contributed by atoms with Crippen LogP contribution in [0.3, 0.4) is 0 Å². The number of rotatable bonds is 1. The lowest BCUT2D eigenvalue weighted by Gasteiger charge is -2.39. The van der Waals surface area contributed by atoms with Gasteiger partial charge < -0.3 is 0 Å². The minimum atomic E-state index is 0.752. The molecule has 0 N–H and O–H groups in total. The summed E-state index contributed by atoms with van der Waals surface area (Å²) >= 11 is 3.76. The number of alkyl halides is 1. The summed E-state index contributed by atoms with van der Waals surface area (Å²) in [6.45, 7) is 4.67. The van der Waals surface area contributed by atoms with E-state index in [-0.39, 0.29) is 0 Å². The summed E-state index contributed by atoms with van der Waals surface area (Å²) in [7, 11) is 0. The Morgan fingerprint density at radius 1 is 1.17 bits per heavy atom. The van der Waals surface area contributed by atoms with Crippen molar-refractivity contribution in [2.24, 2.45) is 0 Å². The second-order valence-corrected chi connectivity index (χ2v) is 5.79. The van der Waals surface area contributed by atoms with Crippen molar-refractivity contribution >= 4 is 15.9 Å². The summed E-state index contributed by atoms with van der Waals surface area (Å²) in [6.07, 6.45) is 5.61. The number of fused-ring (bicyclic) bond motifs is 2.